The Kier molecular flexibility index (Phi) is 19.7. The van der Waals surface area contributed by atoms with Gasteiger partial charge in [-0.15, -0.1) is 0 Å². The largest absolute Gasteiger partial charge is 0.465 e. The molecule has 0 radical (unpaired) electrons. The number of aldehydes is 1. The summed E-state index contributed by atoms with van der Waals surface area (Å²) in [6, 6.07) is 4.54. The van der Waals surface area contributed by atoms with Gasteiger partial charge >= 0.3 is 35.8 Å². The van der Waals surface area contributed by atoms with Gasteiger partial charge in [0.1, 0.15) is 11.5 Å². The van der Waals surface area contributed by atoms with Crippen molar-refractivity contribution in [1.29, 1.82) is 0 Å². The quantitative estimate of drug-likeness (QED) is 0.0287. The number of esters is 6. The second-order valence-corrected chi connectivity index (χ2v) is 17.6. The predicted molar refractivity (Wildman–Crippen MR) is 228 cm³/mol. The molecular formula is C49H66O13. The lowest BCUT2D eigenvalue weighted by molar-refractivity contribution is -0.151. The van der Waals surface area contributed by atoms with Crippen LogP contribution in [0.2, 0.25) is 0 Å². The van der Waals surface area contributed by atoms with Gasteiger partial charge in [-0.2, -0.15) is 0 Å². The van der Waals surface area contributed by atoms with E-state index >= 15 is 0 Å². The molecule has 13 nitrogen and oxygen atoms in total. The molecule has 62 heavy (non-hydrogen) atoms. The van der Waals surface area contributed by atoms with E-state index in [2.05, 4.69) is 13.2 Å². The molecule has 0 heterocycles. The molecule has 0 spiro atoms. The van der Waals surface area contributed by atoms with E-state index in [0.29, 0.717) is 81.7 Å². The first-order valence-electron chi connectivity index (χ1n) is 23.0. The number of unbranched alkanes of at least 4 members (excludes halogenated alkanes) is 2. The minimum absolute atomic E-state index is 0.0843. The van der Waals surface area contributed by atoms with E-state index in [4.69, 9.17) is 28.4 Å². The summed E-state index contributed by atoms with van der Waals surface area (Å²) in [5.41, 5.74) is 0.149. The van der Waals surface area contributed by atoms with Crippen LogP contribution >= 0.6 is 0 Å². The number of carbonyl (C=O) groups excluding carboxylic acids is 7. The Labute approximate surface area is 366 Å². The van der Waals surface area contributed by atoms with E-state index in [0.717, 1.165) is 102 Å². The third-order valence-corrected chi connectivity index (χ3v) is 13.7. The molecule has 4 aliphatic rings. The molecule has 0 aromatic heterocycles. The van der Waals surface area contributed by atoms with Crippen LogP contribution in [-0.4, -0.2) is 68.5 Å². The second-order valence-electron chi connectivity index (χ2n) is 17.6. The zero-order valence-electron chi connectivity index (χ0n) is 36.3. The average Bonchev–Trinajstić information content (AvgIpc) is 3.31. The van der Waals surface area contributed by atoms with Gasteiger partial charge < -0.3 is 28.4 Å². The molecule has 340 valence electrons. The van der Waals surface area contributed by atoms with E-state index in [1.54, 1.807) is 6.07 Å². The number of benzene rings is 1. The van der Waals surface area contributed by atoms with Crippen LogP contribution in [0, 0.1) is 47.3 Å². The molecule has 0 aliphatic heterocycles. The summed E-state index contributed by atoms with van der Waals surface area (Å²) in [7, 11) is 0. The van der Waals surface area contributed by atoms with Gasteiger partial charge in [-0.25, -0.2) is 9.59 Å². The zero-order chi connectivity index (χ0) is 44.3. The summed E-state index contributed by atoms with van der Waals surface area (Å²) in [5.74, 6) is -0.130. The fourth-order valence-corrected chi connectivity index (χ4v) is 9.92. The van der Waals surface area contributed by atoms with Crippen molar-refractivity contribution in [3.63, 3.8) is 0 Å². The molecule has 1 aromatic carbocycles. The Bertz CT molecular complexity index is 1690. The summed E-state index contributed by atoms with van der Waals surface area (Å²) in [6.45, 7) is 7.91. The van der Waals surface area contributed by atoms with Crippen molar-refractivity contribution in [3.8, 4) is 11.5 Å². The lowest BCUT2D eigenvalue weighted by atomic mass is 9.69. The van der Waals surface area contributed by atoms with Crippen molar-refractivity contribution >= 4 is 42.1 Å². The highest BCUT2D eigenvalue weighted by molar-refractivity contribution is 5.85. The molecule has 0 amide bonds. The van der Waals surface area contributed by atoms with Crippen molar-refractivity contribution in [2.75, 3.05) is 26.4 Å². The van der Waals surface area contributed by atoms with Gasteiger partial charge in [0.25, 0.3) is 0 Å². The van der Waals surface area contributed by atoms with Crippen LogP contribution in [0.5, 0.6) is 11.5 Å². The smallest absolute Gasteiger partial charge is 0.330 e. The standard InChI is InChI=1S/C49H66O13/c1-3-44(51)57-27-5-7-29-59-46(53)37-17-9-33(10-18-37)35-13-21-39(22-14-35)48(55)61-42-25-26-43(41(31-42)32-50)62-49(56)40-23-15-36(16-24-40)34-11-19-38(20-12-34)47(54)60-30-8-6-28-58-45(52)4-2/h3-4,25-26,31-40H,1-2,5-24,27-30H2. The third-order valence-electron chi connectivity index (χ3n) is 13.7. The first kappa shape index (κ1) is 48.2. The van der Waals surface area contributed by atoms with Crippen LogP contribution in [0.4, 0.5) is 0 Å². The van der Waals surface area contributed by atoms with E-state index in [9.17, 15) is 33.6 Å². The molecule has 0 unspecified atom stereocenters. The Morgan fingerprint density at radius 1 is 0.468 bits per heavy atom. The van der Waals surface area contributed by atoms with Gasteiger partial charge in [0, 0.05) is 12.2 Å². The van der Waals surface area contributed by atoms with Crippen molar-refractivity contribution in [2.45, 2.75) is 128 Å². The van der Waals surface area contributed by atoms with Gasteiger partial charge in [-0.3, -0.25) is 24.0 Å². The molecule has 13 heteroatoms. The summed E-state index contributed by atoms with van der Waals surface area (Å²) < 4.78 is 32.3. The molecule has 5 rings (SSSR count). The van der Waals surface area contributed by atoms with E-state index in [1.165, 1.54) is 12.1 Å². The molecule has 0 N–H and O–H groups in total. The first-order valence-corrected chi connectivity index (χ1v) is 23.0. The maximum Gasteiger partial charge on any atom is 0.330 e. The van der Waals surface area contributed by atoms with Crippen LogP contribution < -0.4 is 9.47 Å². The lowest BCUT2D eigenvalue weighted by Crippen LogP contribution is -2.31. The molecule has 0 saturated heterocycles. The number of hydrogen-bond acceptors (Lipinski definition) is 13. The maximum absolute atomic E-state index is 13.2. The van der Waals surface area contributed by atoms with Gasteiger partial charge in [0.2, 0.25) is 0 Å². The Morgan fingerprint density at radius 2 is 0.806 bits per heavy atom. The van der Waals surface area contributed by atoms with Gasteiger partial charge in [0.05, 0.1) is 55.7 Å². The number of hydrogen-bond donors (Lipinski definition) is 0. The highest BCUT2D eigenvalue weighted by Crippen LogP contribution is 2.44. The number of rotatable bonds is 21. The Balaban J connectivity index is 0.948. The third kappa shape index (κ3) is 14.9. The van der Waals surface area contributed by atoms with Crippen molar-refractivity contribution in [1.82, 2.24) is 0 Å². The molecule has 4 saturated carbocycles. The molecule has 0 bridgehead atoms. The maximum atomic E-state index is 13.2. The predicted octanol–water partition coefficient (Wildman–Crippen LogP) is 8.64. The van der Waals surface area contributed by atoms with E-state index in [-0.39, 0.29) is 77.8 Å². The topological polar surface area (TPSA) is 175 Å². The highest BCUT2D eigenvalue weighted by Gasteiger charge is 2.37. The van der Waals surface area contributed by atoms with E-state index in [1.807, 2.05) is 0 Å². The molecule has 4 fully saturated rings. The molecule has 4 aliphatic carbocycles. The van der Waals surface area contributed by atoms with Gasteiger partial charge in [0.15, 0.2) is 6.29 Å². The summed E-state index contributed by atoms with van der Waals surface area (Å²) >= 11 is 0. The van der Waals surface area contributed by atoms with Gasteiger partial charge in [-0.1, -0.05) is 13.2 Å². The van der Waals surface area contributed by atoms with Crippen molar-refractivity contribution < 1.29 is 62.0 Å². The molecular weight excluding hydrogens is 797 g/mol. The van der Waals surface area contributed by atoms with Crippen molar-refractivity contribution in [2.24, 2.45) is 47.3 Å². The monoisotopic (exact) mass is 862 g/mol. The lowest BCUT2D eigenvalue weighted by Gasteiger charge is -2.36. The second kappa shape index (κ2) is 25.3. The minimum Gasteiger partial charge on any atom is -0.465 e. The van der Waals surface area contributed by atoms with E-state index < -0.39 is 11.9 Å². The normalized spacial score (nSPS) is 26.1. The van der Waals surface area contributed by atoms with Crippen LogP contribution in [0.15, 0.2) is 43.5 Å². The summed E-state index contributed by atoms with van der Waals surface area (Å²) in [6.07, 6.45) is 19.0. The minimum atomic E-state index is -0.456. The Morgan fingerprint density at radius 3 is 1.16 bits per heavy atom. The summed E-state index contributed by atoms with van der Waals surface area (Å²) in [4.78, 5) is 85.9. The summed E-state index contributed by atoms with van der Waals surface area (Å²) in [5, 5.41) is 0. The van der Waals surface area contributed by atoms with Gasteiger partial charge in [-0.05, 0) is 170 Å². The highest BCUT2D eigenvalue weighted by atomic mass is 16.6. The fraction of sp³-hybridized carbons (Fsp3) is 0.653. The number of ether oxygens (including phenoxy) is 6. The molecule has 1 aromatic rings. The average molecular weight is 863 g/mol. The van der Waals surface area contributed by atoms with Crippen molar-refractivity contribution in [3.05, 3.63) is 49.1 Å². The molecule has 0 atom stereocenters. The van der Waals surface area contributed by atoms with Crippen LogP contribution in [0.3, 0.4) is 0 Å². The first-order chi connectivity index (χ1) is 30.1. The van der Waals surface area contributed by atoms with Crippen LogP contribution in [-0.2, 0) is 47.7 Å². The van der Waals surface area contributed by atoms with Crippen LogP contribution in [0.25, 0.3) is 0 Å². The number of carbonyl (C=O) groups is 7. The SMILES string of the molecule is C=CC(=O)OCCCCOC(=O)C1CCC(C2CCC(C(=O)Oc3ccc(OC(=O)C4CCC(C5CCC(C(=O)OCCCCOC(=O)C=C)CC5)CC4)c(C=O)c3)CC2)CC1. The fourth-order valence-electron chi connectivity index (χ4n) is 9.92. The zero-order valence-corrected chi connectivity index (χ0v) is 36.3. The van der Waals surface area contributed by atoms with Crippen LogP contribution in [0.1, 0.15) is 139 Å². The Hall–Kier alpha value is -4.81.